The van der Waals surface area contributed by atoms with Crippen molar-refractivity contribution in [1.29, 1.82) is 0 Å². The molecule has 0 bridgehead atoms. The maximum atomic E-state index is 11.2. The van der Waals surface area contributed by atoms with Crippen molar-refractivity contribution in [2.75, 3.05) is 19.8 Å². The molecular weight excluding hydrogens is 556 g/mol. The minimum absolute atomic E-state index is 0.330. The number of carboxylic acids is 1. The fourth-order valence-electron chi connectivity index (χ4n) is 4.67. The molecule has 3 aliphatic rings. The first-order valence-electron chi connectivity index (χ1n) is 12.0. The van der Waals surface area contributed by atoms with Gasteiger partial charge in [0.2, 0.25) is 12.0 Å². The maximum absolute atomic E-state index is 11.2. The zero-order valence-corrected chi connectivity index (χ0v) is 21.7. The Labute approximate surface area is 223 Å². The van der Waals surface area contributed by atoms with Crippen LogP contribution >= 0.6 is 0 Å². The molecule has 2 saturated heterocycles. The molecule has 0 aromatic carbocycles. The molecule has 3 heterocycles. The molecule has 18 heteroatoms. The van der Waals surface area contributed by atoms with Crippen LogP contribution in [-0.4, -0.2) is 142 Å². The van der Waals surface area contributed by atoms with Gasteiger partial charge in [0.05, 0.1) is 38.1 Å². The first kappa shape index (κ1) is 32.0. The van der Waals surface area contributed by atoms with E-state index in [0.717, 1.165) is 6.08 Å². The third-order valence-electron chi connectivity index (χ3n) is 6.87. The van der Waals surface area contributed by atoms with E-state index in [9.17, 15) is 43.9 Å². The lowest BCUT2D eigenvalue weighted by atomic mass is 9.80. The van der Waals surface area contributed by atoms with Gasteiger partial charge in [0.1, 0.15) is 36.6 Å². The minimum Gasteiger partial charge on any atom is -0.475 e. The number of aliphatic carboxylic acids is 1. The van der Waals surface area contributed by atoms with Crippen LogP contribution in [0, 0.1) is 11.8 Å². The second-order valence-electron chi connectivity index (χ2n) is 9.53. The van der Waals surface area contributed by atoms with E-state index in [2.05, 4.69) is 4.18 Å². The Hall–Kier alpha value is -1.52. The second-order valence-corrected chi connectivity index (χ2v) is 10.6. The number of carbonyl (C=O) groups is 1. The maximum Gasteiger partial charge on any atom is 0.397 e. The number of ether oxygens (including phenoxy) is 5. The number of hydrogen-bond donors (Lipinski definition) is 8. The van der Waals surface area contributed by atoms with Gasteiger partial charge >= 0.3 is 16.4 Å². The molecule has 13 atom stereocenters. The zero-order chi connectivity index (χ0) is 29.2. The summed E-state index contributed by atoms with van der Waals surface area (Å²) in [5.74, 6) is -3.82. The normalized spacial score (nSPS) is 43.4. The number of carboxylic acid groups (broad SMARTS) is 1. The van der Waals surface area contributed by atoms with Crippen LogP contribution in [0.3, 0.4) is 0 Å². The highest BCUT2D eigenvalue weighted by Crippen LogP contribution is 2.34. The van der Waals surface area contributed by atoms with Crippen molar-refractivity contribution in [3.63, 3.8) is 0 Å². The number of hydrogen-bond acceptors (Lipinski definition) is 15. The molecule has 39 heavy (non-hydrogen) atoms. The summed E-state index contributed by atoms with van der Waals surface area (Å²) in [6.07, 6.45) is -15.3. The largest absolute Gasteiger partial charge is 0.475 e. The van der Waals surface area contributed by atoms with Crippen LogP contribution in [0.25, 0.3) is 0 Å². The van der Waals surface area contributed by atoms with E-state index in [0.29, 0.717) is 0 Å². The van der Waals surface area contributed by atoms with Gasteiger partial charge in [-0.05, 0) is 19.9 Å². The van der Waals surface area contributed by atoms with Crippen LogP contribution in [0.15, 0.2) is 11.8 Å². The standard InChI is InChI=1S/C21H34O17S/c1-7-9(5-33-20-16(26)11(23)3-12(37-20)19(28)29)10(15(25)13(4-22)35-7)6-34-21-17(27)18(38-39(30,31)32)14(24)8(2)36-21/h3,7-11,13-18,20-27H,4-6H2,1-2H3,(H,28,29)(H,30,31,32). The lowest BCUT2D eigenvalue weighted by Crippen LogP contribution is -2.60. The van der Waals surface area contributed by atoms with Crippen LogP contribution in [0.2, 0.25) is 0 Å². The number of rotatable bonds is 10. The Bertz CT molecular complexity index is 973. The Morgan fingerprint density at radius 2 is 1.51 bits per heavy atom. The molecule has 0 radical (unpaired) electrons. The Morgan fingerprint density at radius 3 is 2.10 bits per heavy atom. The summed E-state index contributed by atoms with van der Waals surface area (Å²) in [6, 6.07) is 0. The van der Waals surface area contributed by atoms with Crippen molar-refractivity contribution >= 4 is 16.4 Å². The summed E-state index contributed by atoms with van der Waals surface area (Å²) in [5, 5.41) is 70.4. The molecule has 0 aromatic heterocycles. The van der Waals surface area contributed by atoms with E-state index in [1.54, 1.807) is 6.92 Å². The van der Waals surface area contributed by atoms with Crippen LogP contribution in [0.5, 0.6) is 0 Å². The molecule has 13 unspecified atom stereocenters. The SMILES string of the molecule is CC1OC(OCC2C(O)C(CO)OC(C)C2COC2OC(C(=O)O)=CC(O)C2O)C(O)C(OS(=O)(=O)O)C1O. The average Bonchev–Trinajstić information content (AvgIpc) is 2.85. The smallest absolute Gasteiger partial charge is 0.397 e. The number of aliphatic hydroxyl groups excluding tert-OH is 6. The molecule has 0 aromatic rings. The highest BCUT2D eigenvalue weighted by atomic mass is 32.3. The van der Waals surface area contributed by atoms with Crippen LogP contribution < -0.4 is 0 Å². The molecule has 0 spiro atoms. The second kappa shape index (κ2) is 13.0. The summed E-state index contributed by atoms with van der Waals surface area (Å²) in [6.45, 7) is 1.62. The van der Waals surface area contributed by atoms with Crippen molar-refractivity contribution in [2.24, 2.45) is 11.8 Å². The quantitative estimate of drug-likeness (QED) is 0.113. The molecule has 0 saturated carbocycles. The average molecular weight is 591 g/mol. The predicted molar refractivity (Wildman–Crippen MR) is 122 cm³/mol. The molecule has 17 nitrogen and oxygen atoms in total. The summed E-state index contributed by atoms with van der Waals surface area (Å²) in [5.41, 5.74) is 0. The number of aliphatic hydroxyl groups is 6. The van der Waals surface area contributed by atoms with Gasteiger partial charge in [-0.15, -0.1) is 0 Å². The van der Waals surface area contributed by atoms with Gasteiger partial charge in [0, 0.05) is 11.8 Å². The summed E-state index contributed by atoms with van der Waals surface area (Å²) in [7, 11) is -5.07. The molecular formula is C21H34O17S. The van der Waals surface area contributed by atoms with Gasteiger partial charge in [-0.25, -0.2) is 8.98 Å². The lowest BCUT2D eigenvalue weighted by Gasteiger charge is -2.45. The van der Waals surface area contributed by atoms with Crippen molar-refractivity contribution in [2.45, 2.75) is 81.4 Å². The Balaban J connectivity index is 1.73. The van der Waals surface area contributed by atoms with Gasteiger partial charge in [-0.3, -0.25) is 4.55 Å². The molecule has 0 amide bonds. The van der Waals surface area contributed by atoms with E-state index in [4.69, 9.17) is 33.3 Å². The molecule has 0 aliphatic carbocycles. The summed E-state index contributed by atoms with van der Waals surface area (Å²) >= 11 is 0. The third-order valence-corrected chi connectivity index (χ3v) is 7.33. The van der Waals surface area contributed by atoms with Crippen molar-refractivity contribution in [3.8, 4) is 0 Å². The first-order chi connectivity index (χ1) is 18.1. The third kappa shape index (κ3) is 7.61. The van der Waals surface area contributed by atoms with Crippen LogP contribution in [0.4, 0.5) is 0 Å². The van der Waals surface area contributed by atoms with Gasteiger partial charge in [-0.2, -0.15) is 8.42 Å². The van der Waals surface area contributed by atoms with E-state index < -0.39 is 115 Å². The predicted octanol–water partition coefficient (Wildman–Crippen LogP) is -3.91. The van der Waals surface area contributed by atoms with E-state index >= 15 is 0 Å². The zero-order valence-electron chi connectivity index (χ0n) is 20.9. The first-order valence-corrected chi connectivity index (χ1v) is 13.3. The molecule has 3 rings (SSSR count). The van der Waals surface area contributed by atoms with E-state index in [1.807, 2.05) is 0 Å². The van der Waals surface area contributed by atoms with Gasteiger partial charge in [0.15, 0.2) is 6.29 Å². The summed E-state index contributed by atoms with van der Waals surface area (Å²) < 4.78 is 63.0. The van der Waals surface area contributed by atoms with Crippen molar-refractivity contribution in [3.05, 3.63) is 11.8 Å². The highest BCUT2D eigenvalue weighted by molar-refractivity contribution is 7.80. The van der Waals surface area contributed by atoms with Crippen LogP contribution in [-0.2, 0) is 43.1 Å². The Morgan fingerprint density at radius 1 is 0.897 bits per heavy atom. The molecule has 226 valence electrons. The fourth-order valence-corrected chi connectivity index (χ4v) is 5.18. The minimum atomic E-state index is -5.07. The van der Waals surface area contributed by atoms with Crippen LogP contribution in [0.1, 0.15) is 13.8 Å². The van der Waals surface area contributed by atoms with Crippen molar-refractivity contribution < 1.29 is 81.4 Å². The highest BCUT2D eigenvalue weighted by Gasteiger charge is 2.49. The van der Waals surface area contributed by atoms with Gasteiger partial charge < -0.3 is 59.4 Å². The Kier molecular flexibility index (Phi) is 10.7. The molecule has 8 N–H and O–H groups in total. The van der Waals surface area contributed by atoms with E-state index in [1.165, 1.54) is 6.92 Å². The van der Waals surface area contributed by atoms with Gasteiger partial charge in [0.25, 0.3) is 0 Å². The summed E-state index contributed by atoms with van der Waals surface area (Å²) in [4.78, 5) is 11.2. The van der Waals surface area contributed by atoms with E-state index in [-0.39, 0.29) is 6.61 Å². The van der Waals surface area contributed by atoms with Crippen molar-refractivity contribution in [1.82, 2.24) is 0 Å². The molecule has 2 fully saturated rings. The van der Waals surface area contributed by atoms with Gasteiger partial charge in [-0.1, -0.05) is 0 Å². The lowest BCUT2D eigenvalue weighted by molar-refractivity contribution is -0.300. The topological polar surface area (TPSA) is 268 Å². The monoisotopic (exact) mass is 590 g/mol. The molecule has 3 aliphatic heterocycles. The fraction of sp³-hybridized carbons (Fsp3) is 0.857.